The maximum atomic E-state index is 13.0. The second-order valence-electron chi connectivity index (χ2n) is 9.98. The van der Waals surface area contributed by atoms with Gasteiger partial charge in [0.2, 0.25) is 0 Å². The molecule has 4 nitrogen and oxygen atoms in total. The molecule has 148 valence electrons. The summed E-state index contributed by atoms with van der Waals surface area (Å²) in [5.41, 5.74) is 1.41. The molecule has 4 aliphatic rings. The van der Waals surface area contributed by atoms with Crippen molar-refractivity contribution >= 4 is 17.5 Å². The fourth-order valence-corrected chi connectivity index (χ4v) is 7.52. The van der Waals surface area contributed by atoms with Crippen LogP contribution in [0.4, 0.5) is 0 Å². The normalized spacial score (nSPS) is 44.7. The molecule has 0 saturated heterocycles. The maximum Gasteiger partial charge on any atom is 0.302 e. The van der Waals surface area contributed by atoms with Crippen molar-refractivity contribution in [3.05, 3.63) is 11.6 Å². The van der Waals surface area contributed by atoms with Crippen molar-refractivity contribution in [1.82, 2.24) is 0 Å². The maximum absolute atomic E-state index is 13.0. The van der Waals surface area contributed by atoms with Crippen molar-refractivity contribution in [3.63, 3.8) is 0 Å². The first-order valence-electron chi connectivity index (χ1n) is 10.6. The minimum absolute atomic E-state index is 0.0742. The van der Waals surface area contributed by atoms with E-state index >= 15 is 0 Å². The van der Waals surface area contributed by atoms with Crippen LogP contribution in [-0.2, 0) is 19.1 Å². The van der Waals surface area contributed by atoms with Crippen LogP contribution in [0.5, 0.6) is 0 Å². The number of hydrogen-bond acceptors (Lipinski definition) is 4. The van der Waals surface area contributed by atoms with Crippen molar-refractivity contribution in [2.75, 3.05) is 0 Å². The van der Waals surface area contributed by atoms with Crippen LogP contribution in [0.1, 0.15) is 72.6 Å². The minimum Gasteiger partial charge on any atom is -0.462 e. The van der Waals surface area contributed by atoms with Crippen LogP contribution in [0.15, 0.2) is 11.6 Å². The summed E-state index contributed by atoms with van der Waals surface area (Å²) in [6.45, 7) is 7.94. The zero-order chi connectivity index (χ0) is 19.6. The SMILES string of the molecule is CC(=O)O[C@@H](C)[C@H]1C(=O)C[C@H]2[C@@H]3CCC4=CC(=O)CC[C@]4(C)[C@H]3CC[C@]12C. The summed E-state index contributed by atoms with van der Waals surface area (Å²) in [5, 5.41) is 0. The van der Waals surface area contributed by atoms with E-state index in [0.29, 0.717) is 30.6 Å². The fraction of sp³-hybridized carbons (Fsp3) is 0.783. The molecule has 0 heterocycles. The van der Waals surface area contributed by atoms with Gasteiger partial charge in [0.1, 0.15) is 11.9 Å². The second-order valence-corrected chi connectivity index (χ2v) is 9.98. The standard InChI is InChI=1S/C23H32O4/c1-13(27-14(2)24)21-20(26)12-19-17-6-5-15-11-16(25)7-9-22(15,3)18(17)8-10-23(19,21)4/h11,13,17-19,21H,5-10,12H2,1-4H3/t13-,17+,18-,19-,21-,22-,23-/m0/s1. The summed E-state index contributed by atoms with van der Waals surface area (Å²) in [6, 6.07) is 0. The highest BCUT2D eigenvalue weighted by Gasteiger charge is 2.62. The van der Waals surface area contributed by atoms with Gasteiger partial charge in [-0.1, -0.05) is 19.4 Å². The molecule has 27 heavy (non-hydrogen) atoms. The Morgan fingerprint density at radius 1 is 1.15 bits per heavy atom. The number of ether oxygens (including phenoxy) is 1. The van der Waals surface area contributed by atoms with Gasteiger partial charge in [0.15, 0.2) is 5.78 Å². The number of allylic oxidation sites excluding steroid dienone is 1. The summed E-state index contributed by atoms with van der Waals surface area (Å²) >= 11 is 0. The Morgan fingerprint density at radius 3 is 2.59 bits per heavy atom. The van der Waals surface area contributed by atoms with Crippen LogP contribution in [0.25, 0.3) is 0 Å². The smallest absolute Gasteiger partial charge is 0.302 e. The van der Waals surface area contributed by atoms with Gasteiger partial charge >= 0.3 is 5.97 Å². The highest BCUT2D eigenvalue weighted by molar-refractivity contribution is 5.91. The zero-order valence-corrected chi connectivity index (χ0v) is 17.0. The van der Waals surface area contributed by atoms with Gasteiger partial charge in [-0.15, -0.1) is 0 Å². The third kappa shape index (κ3) is 2.74. The van der Waals surface area contributed by atoms with Crippen molar-refractivity contribution in [2.45, 2.75) is 78.7 Å². The van der Waals surface area contributed by atoms with E-state index in [0.717, 1.165) is 32.1 Å². The van der Waals surface area contributed by atoms with Gasteiger partial charge in [-0.2, -0.15) is 0 Å². The predicted molar refractivity (Wildman–Crippen MR) is 102 cm³/mol. The van der Waals surface area contributed by atoms with Crippen LogP contribution in [0.3, 0.4) is 0 Å². The Labute approximate surface area is 162 Å². The van der Waals surface area contributed by atoms with E-state index in [4.69, 9.17) is 4.74 Å². The van der Waals surface area contributed by atoms with E-state index in [9.17, 15) is 14.4 Å². The molecule has 0 spiro atoms. The minimum atomic E-state index is -0.344. The summed E-state index contributed by atoms with van der Waals surface area (Å²) in [6.07, 6.45) is 8.04. The Kier molecular flexibility index (Phi) is 4.40. The van der Waals surface area contributed by atoms with Gasteiger partial charge in [-0.3, -0.25) is 14.4 Å². The Balaban J connectivity index is 1.64. The number of Topliss-reactive ketones (excluding diaryl/α,β-unsaturated/α-hetero) is 1. The Hall–Kier alpha value is -1.45. The molecule has 0 amide bonds. The molecule has 4 rings (SSSR count). The number of rotatable bonds is 2. The van der Waals surface area contributed by atoms with E-state index in [1.54, 1.807) is 0 Å². The van der Waals surface area contributed by atoms with E-state index in [1.165, 1.54) is 12.5 Å². The first kappa shape index (κ1) is 18.9. The van der Waals surface area contributed by atoms with Crippen LogP contribution in [-0.4, -0.2) is 23.6 Å². The van der Waals surface area contributed by atoms with E-state index in [1.807, 2.05) is 13.0 Å². The van der Waals surface area contributed by atoms with Crippen molar-refractivity contribution < 1.29 is 19.1 Å². The molecule has 3 saturated carbocycles. The lowest BCUT2D eigenvalue weighted by atomic mass is 9.46. The molecule has 0 unspecified atom stereocenters. The molecule has 0 aromatic carbocycles. The molecule has 0 N–H and O–H groups in total. The number of carbonyl (C=O) groups is 3. The largest absolute Gasteiger partial charge is 0.462 e. The molecule has 4 aliphatic carbocycles. The molecule has 0 aromatic rings. The molecule has 3 fully saturated rings. The number of fused-ring (bicyclic) bond motifs is 5. The Morgan fingerprint density at radius 2 is 1.89 bits per heavy atom. The average molecular weight is 373 g/mol. The first-order chi connectivity index (χ1) is 12.7. The monoisotopic (exact) mass is 372 g/mol. The lowest BCUT2D eigenvalue weighted by Crippen LogP contribution is -2.51. The molecule has 7 atom stereocenters. The number of carbonyl (C=O) groups excluding carboxylic acids is 3. The lowest BCUT2D eigenvalue weighted by Gasteiger charge is -2.58. The van der Waals surface area contributed by atoms with Crippen molar-refractivity contribution in [2.24, 2.45) is 34.5 Å². The van der Waals surface area contributed by atoms with Gasteiger partial charge in [0, 0.05) is 19.8 Å². The summed E-state index contributed by atoms with van der Waals surface area (Å²) in [5.74, 6) is 1.57. The van der Waals surface area contributed by atoms with Gasteiger partial charge in [0.05, 0.1) is 5.92 Å². The van der Waals surface area contributed by atoms with E-state index in [-0.39, 0.29) is 40.4 Å². The third-order valence-electron chi connectivity index (χ3n) is 8.70. The molecule has 4 heteroatoms. The highest BCUT2D eigenvalue weighted by Crippen LogP contribution is 2.66. The summed E-state index contributed by atoms with van der Waals surface area (Å²) in [7, 11) is 0. The average Bonchev–Trinajstić information content (AvgIpc) is 2.85. The number of hydrogen-bond donors (Lipinski definition) is 0. The molecule has 0 radical (unpaired) electrons. The lowest BCUT2D eigenvalue weighted by molar-refractivity contribution is -0.154. The zero-order valence-electron chi connectivity index (χ0n) is 17.0. The van der Waals surface area contributed by atoms with E-state index in [2.05, 4.69) is 13.8 Å². The van der Waals surface area contributed by atoms with Gasteiger partial charge < -0.3 is 4.74 Å². The van der Waals surface area contributed by atoms with Crippen LogP contribution < -0.4 is 0 Å². The highest BCUT2D eigenvalue weighted by atomic mass is 16.5. The van der Waals surface area contributed by atoms with Gasteiger partial charge in [-0.25, -0.2) is 0 Å². The van der Waals surface area contributed by atoms with Gasteiger partial charge in [-0.05, 0) is 73.7 Å². The van der Waals surface area contributed by atoms with Crippen LogP contribution in [0, 0.1) is 34.5 Å². The number of ketones is 2. The molecule has 0 bridgehead atoms. The van der Waals surface area contributed by atoms with E-state index < -0.39 is 0 Å². The van der Waals surface area contributed by atoms with Gasteiger partial charge in [0.25, 0.3) is 0 Å². The topological polar surface area (TPSA) is 60.4 Å². The molecule has 0 aromatic heterocycles. The molecular formula is C23H32O4. The Bertz CT molecular complexity index is 722. The first-order valence-corrected chi connectivity index (χ1v) is 10.6. The van der Waals surface area contributed by atoms with Crippen LogP contribution in [0.2, 0.25) is 0 Å². The second kappa shape index (κ2) is 6.28. The fourth-order valence-electron chi connectivity index (χ4n) is 7.52. The predicted octanol–water partition coefficient (Wildman–Crippen LogP) is 4.27. The van der Waals surface area contributed by atoms with Crippen molar-refractivity contribution in [1.29, 1.82) is 0 Å². The molecule has 0 aliphatic heterocycles. The quantitative estimate of drug-likeness (QED) is 0.679. The summed E-state index contributed by atoms with van der Waals surface area (Å²) < 4.78 is 5.47. The summed E-state index contributed by atoms with van der Waals surface area (Å²) in [4.78, 5) is 36.4. The number of esters is 1. The molecular weight excluding hydrogens is 340 g/mol. The third-order valence-corrected chi connectivity index (χ3v) is 8.70. The van der Waals surface area contributed by atoms with Crippen molar-refractivity contribution in [3.8, 4) is 0 Å². The van der Waals surface area contributed by atoms with Crippen LogP contribution >= 0.6 is 0 Å².